The van der Waals surface area contributed by atoms with Crippen molar-refractivity contribution in [2.24, 2.45) is 0 Å². The second kappa shape index (κ2) is 4.01. The molecule has 0 saturated carbocycles. The molecule has 0 N–H and O–H groups in total. The summed E-state index contributed by atoms with van der Waals surface area (Å²) in [6.07, 6.45) is 0.588. The summed E-state index contributed by atoms with van der Waals surface area (Å²) in [5.41, 5.74) is 1.08. The van der Waals surface area contributed by atoms with Gasteiger partial charge in [-0.25, -0.2) is 4.45 Å². The first-order valence-corrected chi connectivity index (χ1v) is 8.66. The average Bonchev–Trinajstić information content (AvgIpc) is 2.44. The standard InChI is InChI=1S/C7H4BrClIN2P/c8-7-6-4(9)2-1-3-5(6)12(11-7)13-10/h1-3,13H. The number of fused-ring (bicyclic) bond motifs is 1. The molecule has 2 nitrogen and oxygen atoms in total. The summed E-state index contributed by atoms with van der Waals surface area (Å²) in [6.45, 7) is 0. The van der Waals surface area contributed by atoms with Gasteiger partial charge in [0.2, 0.25) is 0 Å². The Labute approximate surface area is 103 Å². The normalized spacial score (nSPS) is 11.9. The van der Waals surface area contributed by atoms with Crippen LogP contribution in [0.15, 0.2) is 22.8 Å². The fourth-order valence-electron chi connectivity index (χ4n) is 1.15. The predicted octanol–water partition coefficient (Wildman–Crippen LogP) is 4.24. The molecule has 2 rings (SSSR count). The van der Waals surface area contributed by atoms with Gasteiger partial charge in [-0.15, -0.1) is 0 Å². The zero-order chi connectivity index (χ0) is 9.42. The van der Waals surface area contributed by atoms with Gasteiger partial charge in [-0.1, -0.05) is 17.7 Å². The maximum atomic E-state index is 6.05. The highest BCUT2D eigenvalue weighted by atomic mass is 127. The highest BCUT2D eigenvalue weighted by molar-refractivity contribution is 14.2. The number of nitrogens with zero attached hydrogens (tertiary/aromatic N) is 2. The molecular weight excluding hydrogens is 385 g/mol. The molecule has 1 unspecified atom stereocenters. The van der Waals surface area contributed by atoms with Crippen molar-refractivity contribution in [1.29, 1.82) is 0 Å². The second-order valence-corrected chi connectivity index (χ2v) is 5.62. The molecule has 1 atom stereocenters. The van der Waals surface area contributed by atoms with E-state index < -0.39 is 0 Å². The molecule has 0 fully saturated rings. The summed E-state index contributed by atoms with van der Waals surface area (Å²) < 4.78 is 2.75. The first-order valence-electron chi connectivity index (χ1n) is 3.43. The van der Waals surface area contributed by atoms with Crippen molar-refractivity contribution in [3.05, 3.63) is 27.8 Å². The minimum atomic E-state index is 0.588. The van der Waals surface area contributed by atoms with E-state index in [-0.39, 0.29) is 0 Å². The molecule has 0 bridgehead atoms. The van der Waals surface area contributed by atoms with Crippen molar-refractivity contribution >= 4 is 66.8 Å². The smallest absolute Gasteiger partial charge is 0.137 e. The topological polar surface area (TPSA) is 17.8 Å². The van der Waals surface area contributed by atoms with E-state index in [2.05, 4.69) is 43.1 Å². The molecule has 0 radical (unpaired) electrons. The Balaban J connectivity index is 2.87. The van der Waals surface area contributed by atoms with Crippen LogP contribution in [-0.4, -0.2) is 9.55 Å². The monoisotopic (exact) mass is 388 g/mol. The zero-order valence-corrected chi connectivity index (χ0v) is 11.8. The Morgan fingerprint density at radius 3 is 3.00 bits per heavy atom. The number of hydrogen-bond acceptors (Lipinski definition) is 1. The van der Waals surface area contributed by atoms with Crippen LogP contribution in [0.3, 0.4) is 0 Å². The van der Waals surface area contributed by atoms with Crippen molar-refractivity contribution in [2.45, 2.75) is 0 Å². The van der Waals surface area contributed by atoms with Gasteiger partial charge < -0.3 is 0 Å². The summed E-state index contributed by atoms with van der Waals surface area (Å²) >= 11 is 11.7. The summed E-state index contributed by atoms with van der Waals surface area (Å²) in [5.74, 6) is 0. The Kier molecular flexibility index (Phi) is 3.13. The Morgan fingerprint density at radius 1 is 1.54 bits per heavy atom. The highest BCUT2D eigenvalue weighted by Crippen LogP contribution is 2.35. The molecule has 0 spiro atoms. The number of aromatic nitrogens is 2. The highest BCUT2D eigenvalue weighted by Gasteiger charge is 2.09. The van der Waals surface area contributed by atoms with Crippen molar-refractivity contribution < 1.29 is 0 Å². The van der Waals surface area contributed by atoms with Crippen LogP contribution in [0, 0.1) is 0 Å². The third-order valence-corrected chi connectivity index (χ3v) is 4.44. The van der Waals surface area contributed by atoms with E-state index in [1.807, 2.05) is 22.7 Å². The lowest BCUT2D eigenvalue weighted by Gasteiger charge is -1.96. The lowest BCUT2D eigenvalue weighted by atomic mass is 10.3. The van der Waals surface area contributed by atoms with E-state index in [9.17, 15) is 0 Å². The maximum absolute atomic E-state index is 6.05. The molecular formula is C7H4BrClIN2P. The molecule has 1 aromatic carbocycles. The molecule has 0 amide bonds. The SMILES string of the molecule is Clc1cccc2c1c(Br)nn2PI. The van der Waals surface area contributed by atoms with Crippen molar-refractivity contribution in [2.75, 3.05) is 0 Å². The van der Waals surface area contributed by atoms with Gasteiger partial charge in [0, 0.05) is 0 Å². The van der Waals surface area contributed by atoms with Crippen LogP contribution in [-0.2, 0) is 0 Å². The van der Waals surface area contributed by atoms with E-state index in [0.29, 0.717) is 6.37 Å². The molecule has 2 aromatic rings. The van der Waals surface area contributed by atoms with E-state index in [1.54, 1.807) is 0 Å². The van der Waals surface area contributed by atoms with E-state index >= 15 is 0 Å². The minimum absolute atomic E-state index is 0.588. The number of halogens is 3. The third kappa shape index (κ3) is 1.74. The zero-order valence-electron chi connectivity index (χ0n) is 6.26. The van der Waals surface area contributed by atoms with E-state index in [0.717, 1.165) is 20.5 Å². The van der Waals surface area contributed by atoms with Crippen molar-refractivity contribution in [1.82, 2.24) is 9.55 Å². The summed E-state index contributed by atoms with van der Waals surface area (Å²) in [6, 6.07) is 5.83. The number of rotatable bonds is 1. The molecule has 0 saturated heterocycles. The maximum Gasteiger partial charge on any atom is 0.137 e. The van der Waals surface area contributed by atoms with Gasteiger partial charge >= 0.3 is 0 Å². The fourth-order valence-corrected chi connectivity index (χ4v) is 3.76. The van der Waals surface area contributed by atoms with Crippen LogP contribution in [0.5, 0.6) is 0 Å². The van der Waals surface area contributed by atoms with Gasteiger partial charge in [0.05, 0.1) is 22.3 Å². The predicted molar refractivity (Wildman–Crippen MR) is 70.2 cm³/mol. The average molecular weight is 389 g/mol. The van der Waals surface area contributed by atoms with Gasteiger partial charge in [0.15, 0.2) is 0 Å². The van der Waals surface area contributed by atoms with Gasteiger partial charge in [-0.3, -0.25) is 0 Å². The van der Waals surface area contributed by atoms with E-state index in [1.165, 1.54) is 0 Å². The van der Waals surface area contributed by atoms with Gasteiger partial charge in [0.1, 0.15) is 4.60 Å². The van der Waals surface area contributed by atoms with Crippen LogP contribution in [0.2, 0.25) is 5.02 Å². The van der Waals surface area contributed by atoms with Crippen LogP contribution in [0.1, 0.15) is 0 Å². The lowest BCUT2D eigenvalue weighted by Crippen LogP contribution is -1.81. The minimum Gasteiger partial charge on any atom is -0.236 e. The largest absolute Gasteiger partial charge is 0.236 e. The molecule has 1 aromatic heterocycles. The van der Waals surface area contributed by atoms with Crippen LogP contribution in [0.25, 0.3) is 10.9 Å². The fraction of sp³-hybridized carbons (Fsp3) is 0. The van der Waals surface area contributed by atoms with Gasteiger partial charge in [-0.2, -0.15) is 5.10 Å². The Hall–Kier alpha value is 0.620. The molecule has 0 aliphatic carbocycles. The van der Waals surface area contributed by atoms with Gasteiger partial charge in [0.25, 0.3) is 0 Å². The summed E-state index contributed by atoms with van der Waals surface area (Å²) in [4.78, 5) is 0. The molecule has 6 heteroatoms. The number of benzene rings is 1. The summed E-state index contributed by atoms with van der Waals surface area (Å²) in [5, 5.41) is 6.06. The first kappa shape index (κ1) is 10.1. The molecule has 1 heterocycles. The quantitative estimate of drug-likeness (QED) is 0.527. The first-order chi connectivity index (χ1) is 6.24. The third-order valence-electron chi connectivity index (χ3n) is 1.69. The Bertz CT molecular complexity index is 459. The molecule has 13 heavy (non-hydrogen) atoms. The molecule has 0 aliphatic rings. The van der Waals surface area contributed by atoms with Crippen LogP contribution < -0.4 is 0 Å². The summed E-state index contributed by atoms with van der Waals surface area (Å²) in [7, 11) is 0. The lowest BCUT2D eigenvalue weighted by molar-refractivity contribution is 1.02. The van der Waals surface area contributed by atoms with Gasteiger partial charge in [-0.05, 0) is 50.1 Å². The van der Waals surface area contributed by atoms with Crippen molar-refractivity contribution in [3.63, 3.8) is 0 Å². The van der Waals surface area contributed by atoms with Crippen LogP contribution >= 0.6 is 55.9 Å². The van der Waals surface area contributed by atoms with E-state index in [4.69, 9.17) is 11.6 Å². The number of hydrogen-bond donors (Lipinski definition) is 0. The molecule has 0 aliphatic heterocycles. The second-order valence-electron chi connectivity index (χ2n) is 2.42. The Morgan fingerprint density at radius 2 is 2.31 bits per heavy atom. The van der Waals surface area contributed by atoms with Crippen LogP contribution in [0.4, 0.5) is 0 Å². The molecule has 68 valence electrons. The van der Waals surface area contributed by atoms with Crippen molar-refractivity contribution in [3.8, 4) is 0 Å².